The SMILES string of the molecule is CNC1CCCN(c2ccc(I)cc2Cl)C1=O. The molecule has 1 aromatic carbocycles. The number of carbonyl (C=O) groups excluding carboxylic acids is 1. The summed E-state index contributed by atoms with van der Waals surface area (Å²) >= 11 is 8.41. The van der Waals surface area contributed by atoms with Gasteiger partial charge in [-0.2, -0.15) is 0 Å². The van der Waals surface area contributed by atoms with Crippen LogP contribution in [0.1, 0.15) is 12.8 Å². The molecule has 2 rings (SSSR count). The Kier molecular flexibility index (Phi) is 4.27. The summed E-state index contributed by atoms with van der Waals surface area (Å²) < 4.78 is 1.07. The third kappa shape index (κ3) is 2.74. The minimum Gasteiger partial charge on any atom is -0.310 e. The van der Waals surface area contributed by atoms with Gasteiger partial charge in [0.15, 0.2) is 0 Å². The standard InChI is InChI=1S/C12H14ClIN2O/c1-15-10-3-2-6-16(12(10)17)11-5-4-8(14)7-9(11)13/h4-5,7,10,15H,2-3,6H2,1H3. The van der Waals surface area contributed by atoms with Gasteiger partial charge >= 0.3 is 0 Å². The highest BCUT2D eigenvalue weighted by Crippen LogP contribution is 2.30. The van der Waals surface area contributed by atoms with Crippen LogP contribution in [0.2, 0.25) is 5.02 Å². The number of nitrogens with one attached hydrogen (secondary N) is 1. The van der Waals surface area contributed by atoms with Crippen LogP contribution >= 0.6 is 34.2 Å². The molecule has 1 amide bonds. The van der Waals surface area contributed by atoms with Crippen LogP contribution in [0.3, 0.4) is 0 Å². The van der Waals surface area contributed by atoms with Gasteiger partial charge in [-0.25, -0.2) is 0 Å². The summed E-state index contributed by atoms with van der Waals surface area (Å²) in [6.07, 6.45) is 1.90. The number of hydrogen-bond donors (Lipinski definition) is 1. The molecule has 1 saturated heterocycles. The van der Waals surface area contributed by atoms with E-state index in [4.69, 9.17) is 11.6 Å². The Balaban J connectivity index is 2.29. The molecular formula is C12H14ClIN2O. The molecular weight excluding hydrogens is 351 g/mol. The van der Waals surface area contributed by atoms with Gasteiger partial charge in [0.1, 0.15) is 0 Å². The Labute approximate surface area is 120 Å². The first-order chi connectivity index (χ1) is 8.13. The van der Waals surface area contributed by atoms with Crippen molar-refractivity contribution in [3.8, 4) is 0 Å². The average molecular weight is 365 g/mol. The van der Waals surface area contributed by atoms with Crippen LogP contribution in [0.4, 0.5) is 5.69 Å². The fraction of sp³-hybridized carbons (Fsp3) is 0.417. The molecule has 17 heavy (non-hydrogen) atoms. The Hall–Kier alpha value is -0.330. The lowest BCUT2D eigenvalue weighted by atomic mass is 10.0. The highest BCUT2D eigenvalue weighted by Gasteiger charge is 2.29. The van der Waals surface area contributed by atoms with E-state index < -0.39 is 0 Å². The molecule has 0 bridgehead atoms. The molecule has 92 valence electrons. The lowest BCUT2D eigenvalue weighted by Gasteiger charge is -2.32. The third-order valence-electron chi connectivity index (χ3n) is 2.99. The van der Waals surface area contributed by atoms with Crippen LogP contribution < -0.4 is 10.2 Å². The summed E-state index contributed by atoms with van der Waals surface area (Å²) in [5, 5.41) is 3.69. The number of nitrogens with zero attached hydrogens (tertiary/aromatic N) is 1. The first-order valence-corrected chi connectivity index (χ1v) is 7.03. The van der Waals surface area contributed by atoms with Crippen LogP contribution in [0.5, 0.6) is 0 Å². The number of halogens is 2. The molecule has 0 spiro atoms. The summed E-state index contributed by atoms with van der Waals surface area (Å²) in [4.78, 5) is 14.0. The molecule has 1 fully saturated rings. The van der Waals surface area contributed by atoms with Crippen LogP contribution in [0.15, 0.2) is 18.2 Å². The Morgan fingerprint density at radius 1 is 1.53 bits per heavy atom. The zero-order valence-electron chi connectivity index (χ0n) is 9.54. The van der Waals surface area contributed by atoms with Crippen molar-refractivity contribution in [3.63, 3.8) is 0 Å². The fourth-order valence-electron chi connectivity index (χ4n) is 2.08. The topological polar surface area (TPSA) is 32.3 Å². The van der Waals surface area contributed by atoms with Crippen LogP contribution in [0.25, 0.3) is 0 Å². The van der Waals surface area contributed by atoms with Crippen LogP contribution in [-0.2, 0) is 4.79 Å². The summed E-state index contributed by atoms with van der Waals surface area (Å²) in [6, 6.07) is 5.69. The number of hydrogen-bond acceptors (Lipinski definition) is 2. The lowest BCUT2D eigenvalue weighted by molar-refractivity contribution is -0.121. The van der Waals surface area contributed by atoms with Crippen molar-refractivity contribution >= 4 is 45.8 Å². The van der Waals surface area contributed by atoms with E-state index in [0.29, 0.717) is 5.02 Å². The third-order valence-corrected chi connectivity index (χ3v) is 3.96. The molecule has 1 aliphatic rings. The first kappa shape index (κ1) is 13.1. The summed E-state index contributed by atoms with van der Waals surface area (Å²) in [5.74, 6) is 0.113. The van der Waals surface area contributed by atoms with E-state index in [1.165, 1.54) is 0 Å². The van der Waals surface area contributed by atoms with Gasteiger partial charge in [-0.05, 0) is 60.7 Å². The normalized spacial score (nSPS) is 20.8. The van der Waals surface area contributed by atoms with Gasteiger partial charge in [0.2, 0.25) is 5.91 Å². The molecule has 1 atom stereocenters. The van der Waals surface area contributed by atoms with Gasteiger partial charge < -0.3 is 10.2 Å². The predicted molar refractivity (Wildman–Crippen MR) is 78.6 cm³/mol. The first-order valence-electron chi connectivity index (χ1n) is 5.57. The number of piperidine rings is 1. The van der Waals surface area contributed by atoms with E-state index in [-0.39, 0.29) is 11.9 Å². The number of likely N-dealkylation sites (N-methyl/N-ethyl adjacent to an activating group) is 1. The molecule has 1 aromatic rings. The zero-order valence-corrected chi connectivity index (χ0v) is 12.5. The molecule has 0 aromatic heterocycles. The van der Waals surface area contributed by atoms with Gasteiger partial charge in [0.05, 0.1) is 16.8 Å². The Morgan fingerprint density at radius 2 is 2.29 bits per heavy atom. The number of amides is 1. The Bertz CT molecular complexity index is 439. The van der Waals surface area contributed by atoms with Crippen molar-refractivity contribution < 1.29 is 4.79 Å². The summed E-state index contributed by atoms with van der Waals surface area (Å²) in [7, 11) is 1.82. The Morgan fingerprint density at radius 3 is 2.94 bits per heavy atom. The quantitative estimate of drug-likeness (QED) is 0.818. The van der Waals surface area contributed by atoms with Gasteiger partial charge in [-0.1, -0.05) is 11.6 Å². The highest BCUT2D eigenvalue weighted by molar-refractivity contribution is 14.1. The van der Waals surface area contributed by atoms with Gasteiger partial charge in [0, 0.05) is 10.1 Å². The average Bonchev–Trinajstić information content (AvgIpc) is 2.30. The second-order valence-electron chi connectivity index (χ2n) is 4.07. The van der Waals surface area contributed by atoms with Crippen molar-refractivity contribution in [2.45, 2.75) is 18.9 Å². The molecule has 0 aliphatic carbocycles. The summed E-state index contributed by atoms with van der Waals surface area (Å²) in [6.45, 7) is 0.747. The van der Waals surface area contributed by atoms with E-state index in [1.807, 2.05) is 25.2 Å². The molecule has 1 N–H and O–H groups in total. The number of benzene rings is 1. The van der Waals surface area contributed by atoms with E-state index in [1.54, 1.807) is 4.90 Å². The van der Waals surface area contributed by atoms with Crippen molar-refractivity contribution in [2.24, 2.45) is 0 Å². The molecule has 3 nitrogen and oxygen atoms in total. The minimum absolute atomic E-state index is 0.0842. The maximum absolute atomic E-state index is 12.2. The predicted octanol–water partition coefficient (Wildman–Crippen LogP) is 2.66. The van der Waals surface area contributed by atoms with E-state index in [9.17, 15) is 4.79 Å². The van der Waals surface area contributed by atoms with Gasteiger partial charge in [-0.15, -0.1) is 0 Å². The van der Waals surface area contributed by atoms with Crippen LogP contribution in [0, 0.1) is 3.57 Å². The molecule has 5 heteroatoms. The number of carbonyl (C=O) groups is 1. The van der Waals surface area contributed by atoms with Crippen molar-refractivity contribution in [3.05, 3.63) is 26.8 Å². The maximum atomic E-state index is 12.2. The molecule has 1 aliphatic heterocycles. The fourth-order valence-corrected chi connectivity index (χ4v) is 3.04. The lowest BCUT2D eigenvalue weighted by Crippen LogP contribution is -2.49. The minimum atomic E-state index is -0.0842. The van der Waals surface area contributed by atoms with E-state index >= 15 is 0 Å². The van der Waals surface area contributed by atoms with Crippen molar-refractivity contribution in [1.29, 1.82) is 0 Å². The van der Waals surface area contributed by atoms with Gasteiger partial charge in [-0.3, -0.25) is 4.79 Å². The zero-order chi connectivity index (χ0) is 12.4. The van der Waals surface area contributed by atoms with Crippen molar-refractivity contribution in [2.75, 3.05) is 18.5 Å². The van der Waals surface area contributed by atoms with Gasteiger partial charge in [0.25, 0.3) is 0 Å². The second-order valence-corrected chi connectivity index (χ2v) is 5.72. The molecule has 0 saturated carbocycles. The van der Waals surface area contributed by atoms with Crippen molar-refractivity contribution in [1.82, 2.24) is 5.32 Å². The van der Waals surface area contributed by atoms with Crippen LogP contribution in [-0.4, -0.2) is 25.5 Å². The smallest absolute Gasteiger partial charge is 0.244 e. The molecule has 0 radical (unpaired) electrons. The number of rotatable bonds is 2. The second kappa shape index (κ2) is 5.54. The number of anilines is 1. The highest BCUT2D eigenvalue weighted by atomic mass is 127. The summed E-state index contributed by atoms with van der Waals surface area (Å²) in [5.41, 5.74) is 0.817. The largest absolute Gasteiger partial charge is 0.310 e. The van der Waals surface area contributed by atoms with E-state index in [0.717, 1.165) is 28.6 Å². The molecule has 1 unspecified atom stereocenters. The monoisotopic (exact) mass is 364 g/mol. The van der Waals surface area contributed by atoms with E-state index in [2.05, 4.69) is 27.9 Å². The molecule has 1 heterocycles. The maximum Gasteiger partial charge on any atom is 0.244 e.